The first-order valence-electron chi connectivity index (χ1n) is 4.01. The van der Waals surface area contributed by atoms with Gasteiger partial charge in [0.15, 0.2) is 0 Å². The summed E-state index contributed by atoms with van der Waals surface area (Å²) >= 11 is 0. The van der Waals surface area contributed by atoms with Crippen LogP contribution >= 0.6 is 0 Å². The normalized spacial score (nSPS) is 13.2. The molecule has 0 amide bonds. The molecule has 2 N–H and O–H groups in total. The summed E-state index contributed by atoms with van der Waals surface area (Å²) in [7, 11) is 0. The van der Waals surface area contributed by atoms with Crippen LogP contribution in [0.2, 0.25) is 0 Å². The van der Waals surface area contributed by atoms with Crippen molar-refractivity contribution >= 4 is 5.97 Å². The van der Waals surface area contributed by atoms with Gasteiger partial charge < -0.3 is 10.5 Å². The van der Waals surface area contributed by atoms with E-state index in [-0.39, 0.29) is 18.1 Å². The summed E-state index contributed by atoms with van der Waals surface area (Å²) in [5.74, 6) is -0.200. The third-order valence-electron chi connectivity index (χ3n) is 1.32. The molecular weight excluding hydrogens is 142 g/mol. The quantitative estimate of drug-likeness (QED) is 0.624. The summed E-state index contributed by atoms with van der Waals surface area (Å²) in [4.78, 5) is 10.9. The second-order valence-corrected chi connectivity index (χ2v) is 2.91. The Labute approximate surface area is 67.9 Å². The van der Waals surface area contributed by atoms with E-state index in [1.807, 2.05) is 20.8 Å². The molecule has 0 spiro atoms. The van der Waals surface area contributed by atoms with Crippen molar-refractivity contribution in [1.29, 1.82) is 0 Å². The van der Waals surface area contributed by atoms with Crippen LogP contribution in [0, 0.1) is 0 Å². The maximum atomic E-state index is 10.9. The van der Waals surface area contributed by atoms with Gasteiger partial charge in [-0.1, -0.05) is 6.92 Å². The van der Waals surface area contributed by atoms with E-state index >= 15 is 0 Å². The number of hydrogen-bond donors (Lipinski definition) is 1. The second-order valence-electron chi connectivity index (χ2n) is 2.91. The van der Waals surface area contributed by atoms with Crippen LogP contribution in [0.5, 0.6) is 0 Å². The van der Waals surface area contributed by atoms with Crippen LogP contribution in [-0.4, -0.2) is 18.1 Å². The number of nitrogens with two attached hydrogens (primary N) is 1. The smallest absolute Gasteiger partial charge is 0.307 e. The molecular formula is C8H17NO2. The number of ether oxygens (including phenoxy) is 1. The van der Waals surface area contributed by atoms with Crippen molar-refractivity contribution in [3.63, 3.8) is 0 Å². The Hall–Kier alpha value is -0.570. The maximum absolute atomic E-state index is 10.9. The molecule has 0 aliphatic heterocycles. The molecule has 0 radical (unpaired) electrons. The van der Waals surface area contributed by atoms with Gasteiger partial charge in [0.25, 0.3) is 0 Å². The number of carbonyl (C=O) groups is 1. The summed E-state index contributed by atoms with van der Waals surface area (Å²) in [6.45, 7) is 5.61. The summed E-state index contributed by atoms with van der Waals surface area (Å²) in [5.41, 5.74) is 5.55. The van der Waals surface area contributed by atoms with Crippen molar-refractivity contribution in [2.45, 2.75) is 45.8 Å². The Morgan fingerprint density at radius 2 is 2.09 bits per heavy atom. The number of hydrogen-bond acceptors (Lipinski definition) is 3. The van der Waals surface area contributed by atoms with Crippen molar-refractivity contribution in [2.75, 3.05) is 0 Å². The molecule has 1 atom stereocenters. The lowest BCUT2D eigenvalue weighted by atomic mass is 10.2. The standard InChI is InChI=1S/C8H17NO2/c1-4-7(9)5-8(10)11-6(2)3/h6-7H,4-5,9H2,1-3H3. The summed E-state index contributed by atoms with van der Waals surface area (Å²) in [5, 5.41) is 0. The average molecular weight is 159 g/mol. The summed E-state index contributed by atoms with van der Waals surface area (Å²) in [6, 6.07) is -0.0544. The maximum Gasteiger partial charge on any atom is 0.307 e. The van der Waals surface area contributed by atoms with Gasteiger partial charge in [0.2, 0.25) is 0 Å². The molecule has 3 nitrogen and oxygen atoms in total. The molecule has 1 unspecified atom stereocenters. The molecule has 0 rings (SSSR count). The molecule has 3 heteroatoms. The van der Waals surface area contributed by atoms with Gasteiger partial charge >= 0.3 is 5.97 Å². The van der Waals surface area contributed by atoms with E-state index in [0.29, 0.717) is 6.42 Å². The highest BCUT2D eigenvalue weighted by molar-refractivity contribution is 5.70. The minimum atomic E-state index is -0.200. The first-order chi connectivity index (χ1) is 5.06. The minimum absolute atomic E-state index is 0.0356. The Balaban J connectivity index is 3.52. The van der Waals surface area contributed by atoms with Crippen LogP contribution < -0.4 is 5.73 Å². The topological polar surface area (TPSA) is 52.3 Å². The van der Waals surface area contributed by atoms with Gasteiger partial charge in [0, 0.05) is 6.04 Å². The highest BCUT2D eigenvalue weighted by Gasteiger charge is 2.09. The van der Waals surface area contributed by atoms with Gasteiger partial charge in [-0.15, -0.1) is 0 Å². The third kappa shape index (κ3) is 5.85. The van der Waals surface area contributed by atoms with E-state index in [0.717, 1.165) is 6.42 Å². The van der Waals surface area contributed by atoms with Gasteiger partial charge in [0.1, 0.15) is 0 Å². The van der Waals surface area contributed by atoms with E-state index in [1.165, 1.54) is 0 Å². The SMILES string of the molecule is CCC(N)CC(=O)OC(C)C. The molecule has 0 fully saturated rings. The molecule has 11 heavy (non-hydrogen) atoms. The Kier molecular flexibility index (Phi) is 4.86. The van der Waals surface area contributed by atoms with Crippen molar-refractivity contribution in [3.8, 4) is 0 Å². The zero-order valence-electron chi connectivity index (χ0n) is 7.46. The number of esters is 1. The second kappa shape index (κ2) is 5.13. The largest absolute Gasteiger partial charge is 0.463 e. The predicted octanol–water partition coefficient (Wildman–Crippen LogP) is 1.07. The van der Waals surface area contributed by atoms with Crippen LogP contribution in [0.4, 0.5) is 0 Å². The molecule has 0 aliphatic rings. The first-order valence-corrected chi connectivity index (χ1v) is 4.01. The Bertz CT molecular complexity index is 123. The van der Waals surface area contributed by atoms with Crippen molar-refractivity contribution in [2.24, 2.45) is 5.73 Å². The molecule has 0 saturated carbocycles. The highest BCUT2D eigenvalue weighted by atomic mass is 16.5. The van der Waals surface area contributed by atoms with Crippen LogP contribution in [0.3, 0.4) is 0 Å². The van der Waals surface area contributed by atoms with Crippen molar-refractivity contribution < 1.29 is 9.53 Å². The minimum Gasteiger partial charge on any atom is -0.463 e. The predicted molar refractivity (Wildman–Crippen MR) is 44.1 cm³/mol. The monoisotopic (exact) mass is 159 g/mol. The van der Waals surface area contributed by atoms with Crippen molar-refractivity contribution in [1.82, 2.24) is 0 Å². The van der Waals surface area contributed by atoms with Crippen LogP contribution in [0.25, 0.3) is 0 Å². The van der Waals surface area contributed by atoms with Crippen LogP contribution in [0.15, 0.2) is 0 Å². The van der Waals surface area contributed by atoms with E-state index in [1.54, 1.807) is 0 Å². The van der Waals surface area contributed by atoms with Gasteiger partial charge in [-0.05, 0) is 20.3 Å². The van der Waals surface area contributed by atoms with Crippen LogP contribution in [-0.2, 0) is 9.53 Å². The zero-order valence-corrected chi connectivity index (χ0v) is 7.46. The Morgan fingerprint density at radius 3 is 2.45 bits per heavy atom. The van der Waals surface area contributed by atoms with E-state index in [9.17, 15) is 4.79 Å². The van der Waals surface area contributed by atoms with E-state index in [4.69, 9.17) is 10.5 Å². The lowest BCUT2D eigenvalue weighted by Gasteiger charge is -2.10. The highest BCUT2D eigenvalue weighted by Crippen LogP contribution is 1.98. The number of carbonyl (C=O) groups excluding carboxylic acids is 1. The summed E-state index contributed by atoms with van der Waals surface area (Å²) in [6.07, 6.45) is 1.11. The lowest BCUT2D eigenvalue weighted by Crippen LogP contribution is -2.25. The molecule has 0 aromatic carbocycles. The molecule has 66 valence electrons. The fraction of sp³-hybridized carbons (Fsp3) is 0.875. The van der Waals surface area contributed by atoms with Crippen molar-refractivity contribution in [3.05, 3.63) is 0 Å². The molecule has 0 aliphatic carbocycles. The molecule has 0 heterocycles. The molecule has 0 bridgehead atoms. The number of rotatable bonds is 4. The fourth-order valence-electron chi connectivity index (χ4n) is 0.669. The Morgan fingerprint density at radius 1 is 1.55 bits per heavy atom. The third-order valence-corrected chi connectivity index (χ3v) is 1.32. The van der Waals surface area contributed by atoms with Crippen LogP contribution in [0.1, 0.15) is 33.6 Å². The summed E-state index contributed by atoms with van der Waals surface area (Å²) < 4.78 is 4.90. The lowest BCUT2D eigenvalue weighted by molar-refractivity contribution is -0.147. The van der Waals surface area contributed by atoms with Gasteiger partial charge in [-0.3, -0.25) is 4.79 Å². The first kappa shape index (κ1) is 10.4. The molecule has 0 aromatic rings. The van der Waals surface area contributed by atoms with E-state index in [2.05, 4.69) is 0 Å². The van der Waals surface area contributed by atoms with Gasteiger partial charge in [0.05, 0.1) is 12.5 Å². The van der Waals surface area contributed by atoms with E-state index < -0.39 is 0 Å². The molecule has 0 aromatic heterocycles. The fourth-order valence-corrected chi connectivity index (χ4v) is 0.669. The van der Waals surface area contributed by atoms with Gasteiger partial charge in [-0.25, -0.2) is 0 Å². The molecule has 0 saturated heterocycles. The van der Waals surface area contributed by atoms with Gasteiger partial charge in [-0.2, -0.15) is 0 Å². The zero-order chi connectivity index (χ0) is 8.85. The average Bonchev–Trinajstić information content (AvgIpc) is 1.85.